The van der Waals surface area contributed by atoms with Gasteiger partial charge in [0.1, 0.15) is 6.54 Å². The molecule has 0 bridgehead atoms. The molecule has 1 N–H and O–H groups in total. The van der Waals surface area contributed by atoms with Gasteiger partial charge in [0.05, 0.1) is 33.8 Å². The largest absolute Gasteiger partial charge is 0.349 e. The van der Waals surface area contributed by atoms with Gasteiger partial charge in [0.2, 0.25) is 5.91 Å². The second-order valence-corrected chi connectivity index (χ2v) is 6.90. The molecule has 0 atom stereocenters. The highest BCUT2D eigenvalue weighted by Crippen LogP contribution is 2.16. The third-order valence-corrected chi connectivity index (χ3v) is 4.84. The molecule has 0 aliphatic carbocycles. The van der Waals surface area contributed by atoms with Crippen LogP contribution in [-0.4, -0.2) is 24.9 Å². The Kier molecular flexibility index (Phi) is 5.58. The number of non-ortho nitro benzene ring substituents is 1. The Labute approximate surface area is 180 Å². The number of hydrogen-bond donors (Lipinski definition) is 1. The van der Waals surface area contributed by atoms with Crippen LogP contribution in [0.4, 0.5) is 5.69 Å². The van der Waals surface area contributed by atoms with Crippen LogP contribution in [-0.2, 0) is 17.9 Å². The summed E-state index contributed by atoms with van der Waals surface area (Å²) < 4.78 is 2.00. The maximum absolute atomic E-state index is 13.3. The van der Waals surface area contributed by atoms with E-state index in [2.05, 4.69) is 10.3 Å². The average molecular weight is 431 g/mol. The van der Waals surface area contributed by atoms with Crippen LogP contribution in [0.3, 0.4) is 0 Å². The number of para-hydroxylation sites is 1. The van der Waals surface area contributed by atoms with Crippen molar-refractivity contribution in [3.8, 4) is 5.69 Å². The topological polar surface area (TPSA) is 129 Å². The Morgan fingerprint density at radius 2 is 1.81 bits per heavy atom. The molecule has 0 saturated heterocycles. The Morgan fingerprint density at radius 3 is 2.56 bits per heavy atom. The molecular formula is C22H17N5O5. The van der Waals surface area contributed by atoms with Crippen LogP contribution in [0.1, 0.15) is 5.69 Å². The summed E-state index contributed by atoms with van der Waals surface area (Å²) in [6, 6.07) is 16.9. The van der Waals surface area contributed by atoms with E-state index < -0.39 is 22.1 Å². The first kappa shape index (κ1) is 20.7. The predicted octanol–water partition coefficient (Wildman–Crippen LogP) is 1.77. The quantitative estimate of drug-likeness (QED) is 0.366. The number of nitrogens with one attached hydrogen (secondary N) is 1. The van der Waals surface area contributed by atoms with E-state index in [1.165, 1.54) is 28.8 Å². The number of nitrogens with zero attached hydrogens (tertiary/aromatic N) is 4. The highest BCUT2D eigenvalue weighted by molar-refractivity contribution is 5.81. The SMILES string of the molecule is O=C(Cn1c(=O)n(-c2cccc([N+](=O)[O-])c2)c(=O)c2ccccc21)NCc1ccccn1. The molecule has 2 aromatic heterocycles. The number of rotatable bonds is 6. The summed E-state index contributed by atoms with van der Waals surface area (Å²) in [5, 5.41) is 14.0. The summed E-state index contributed by atoms with van der Waals surface area (Å²) in [4.78, 5) is 53.6. The molecule has 0 fully saturated rings. The number of hydrogen-bond acceptors (Lipinski definition) is 6. The zero-order chi connectivity index (χ0) is 22.7. The van der Waals surface area contributed by atoms with Gasteiger partial charge in [-0.05, 0) is 30.3 Å². The van der Waals surface area contributed by atoms with Crippen molar-refractivity contribution >= 4 is 22.5 Å². The van der Waals surface area contributed by atoms with Gasteiger partial charge < -0.3 is 5.32 Å². The summed E-state index contributed by atoms with van der Waals surface area (Å²) in [7, 11) is 0. The normalized spacial score (nSPS) is 10.8. The van der Waals surface area contributed by atoms with Gasteiger partial charge in [-0.15, -0.1) is 0 Å². The second-order valence-electron chi connectivity index (χ2n) is 6.90. The number of carbonyl (C=O) groups excluding carboxylic acids is 1. The van der Waals surface area contributed by atoms with Gasteiger partial charge in [-0.3, -0.25) is 29.3 Å². The average Bonchev–Trinajstić information content (AvgIpc) is 2.81. The molecule has 0 aliphatic heterocycles. The molecule has 160 valence electrons. The van der Waals surface area contributed by atoms with E-state index in [0.717, 1.165) is 10.6 Å². The molecule has 0 radical (unpaired) electrons. The maximum atomic E-state index is 13.3. The van der Waals surface area contributed by atoms with Crippen molar-refractivity contribution in [1.29, 1.82) is 0 Å². The Hall–Kier alpha value is -4.60. The highest BCUT2D eigenvalue weighted by atomic mass is 16.6. The fraction of sp³-hybridized carbons (Fsp3) is 0.0909. The minimum atomic E-state index is -0.776. The number of nitro benzene ring substituents is 1. The van der Waals surface area contributed by atoms with Gasteiger partial charge in [-0.25, -0.2) is 9.36 Å². The van der Waals surface area contributed by atoms with Gasteiger partial charge in [0.25, 0.3) is 11.2 Å². The number of nitro groups is 1. The molecule has 2 aromatic carbocycles. The standard InChI is InChI=1S/C22H17N5O5/c28-20(24-13-15-6-3-4-11-23-15)14-25-19-10-2-1-9-18(19)21(29)26(22(25)30)16-7-5-8-17(12-16)27(31)32/h1-12H,13-14H2,(H,24,28). The summed E-state index contributed by atoms with van der Waals surface area (Å²) in [5.74, 6) is -0.452. The van der Waals surface area contributed by atoms with Gasteiger partial charge in [0, 0.05) is 18.3 Å². The number of amides is 1. The second kappa shape index (κ2) is 8.64. The van der Waals surface area contributed by atoms with Gasteiger partial charge >= 0.3 is 5.69 Å². The summed E-state index contributed by atoms with van der Waals surface area (Å²) in [6.07, 6.45) is 1.61. The third-order valence-electron chi connectivity index (χ3n) is 4.84. The van der Waals surface area contributed by atoms with Crippen molar-refractivity contribution in [3.63, 3.8) is 0 Å². The fourth-order valence-corrected chi connectivity index (χ4v) is 3.34. The third kappa shape index (κ3) is 4.01. The van der Waals surface area contributed by atoms with E-state index in [9.17, 15) is 24.5 Å². The first-order valence-electron chi connectivity index (χ1n) is 9.62. The number of pyridine rings is 1. The van der Waals surface area contributed by atoms with Crippen molar-refractivity contribution in [3.05, 3.63) is 110 Å². The van der Waals surface area contributed by atoms with E-state index >= 15 is 0 Å². The summed E-state index contributed by atoms with van der Waals surface area (Å²) in [6.45, 7) is -0.168. The van der Waals surface area contributed by atoms with Crippen molar-refractivity contribution in [2.45, 2.75) is 13.1 Å². The van der Waals surface area contributed by atoms with E-state index in [-0.39, 0.29) is 35.4 Å². The van der Waals surface area contributed by atoms with Crippen molar-refractivity contribution in [2.75, 3.05) is 0 Å². The lowest BCUT2D eigenvalue weighted by atomic mass is 10.2. The van der Waals surface area contributed by atoms with Crippen LogP contribution >= 0.6 is 0 Å². The molecule has 0 saturated carbocycles. The molecular weight excluding hydrogens is 414 g/mol. The van der Waals surface area contributed by atoms with Crippen LogP contribution < -0.4 is 16.6 Å². The molecule has 0 aliphatic rings. The van der Waals surface area contributed by atoms with Crippen LogP contribution in [0.15, 0.2) is 82.5 Å². The lowest BCUT2D eigenvalue weighted by Gasteiger charge is -2.14. The number of fused-ring (bicyclic) bond motifs is 1. The van der Waals surface area contributed by atoms with E-state index in [1.54, 1.807) is 42.6 Å². The van der Waals surface area contributed by atoms with E-state index in [4.69, 9.17) is 0 Å². The molecule has 10 heteroatoms. The Balaban J connectivity index is 1.78. The zero-order valence-corrected chi connectivity index (χ0v) is 16.7. The minimum Gasteiger partial charge on any atom is -0.349 e. The van der Waals surface area contributed by atoms with Crippen molar-refractivity contribution in [1.82, 2.24) is 19.4 Å². The first-order valence-corrected chi connectivity index (χ1v) is 9.62. The van der Waals surface area contributed by atoms with Crippen LogP contribution in [0, 0.1) is 10.1 Å². The van der Waals surface area contributed by atoms with E-state index in [0.29, 0.717) is 5.69 Å². The van der Waals surface area contributed by atoms with Gasteiger partial charge in [-0.2, -0.15) is 0 Å². The minimum absolute atomic E-state index is 0.0441. The predicted molar refractivity (Wildman–Crippen MR) is 117 cm³/mol. The van der Waals surface area contributed by atoms with Crippen LogP contribution in [0.5, 0.6) is 0 Å². The van der Waals surface area contributed by atoms with E-state index in [1.807, 2.05) is 0 Å². The molecule has 1 amide bonds. The smallest absolute Gasteiger partial charge is 0.336 e. The van der Waals surface area contributed by atoms with Gasteiger partial charge in [0.15, 0.2) is 0 Å². The maximum Gasteiger partial charge on any atom is 0.336 e. The molecule has 10 nitrogen and oxygen atoms in total. The molecule has 0 unspecified atom stereocenters. The zero-order valence-electron chi connectivity index (χ0n) is 16.7. The van der Waals surface area contributed by atoms with Gasteiger partial charge in [-0.1, -0.05) is 24.3 Å². The Bertz CT molecular complexity index is 1440. The lowest BCUT2D eigenvalue weighted by molar-refractivity contribution is -0.384. The van der Waals surface area contributed by atoms with Crippen LogP contribution in [0.2, 0.25) is 0 Å². The van der Waals surface area contributed by atoms with Crippen LogP contribution in [0.25, 0.3) is 16.6 Å². The molecule has 32 heavy (non-hydrogen) atoms. The molecule has 0 spiro atoms. The Morgan fingerprint density at radius 1 is 1.03 bits per heavy atom. The number of carbonyl (C=O) groups is 1. The molecule has 4 aromatic rings. The van der Waals surface area contributed by atoms with Crippen molar-refractivity contribution in [2.24, 2.45) is 0 Å². The highest BCUT2D eigenvalue weighted by Gasteiger charge is 2.18. The fourth-order valence-electron chi connectivity index (χ4n) is 3.34. The monoisotopic (exact) mass is 431 g/mol. The molecule has 2 heterocycles. The lowest BCUT2D eigenvalue weighted by Crippen LogP contribution is -2.41. The number of benzene rings is 2. The number of aromatic nitrogens is 3. The first-order chi connectivity index (χ1) is 15.5. The molecule has 4 rings (SSSR count). The summed E-state index contributed by atoms with van der Waals surface area (Å²) >= 11 is 0. The van der Waals surface area contributed by atoms with Crippen molar-refractivity contribution < 1.29 is 9.72 Å². The summed E-state index contributed by atoms with van der Waals surface area (Å²) in [5.41, 5.74) is -0.681.